The summed E-state index contributed by atoms with van der Waals surface area (Å²) in [6, 6.07) is 7.66. The minimum absolute atomic E-state index is 0.370. The molecule has 0 fully saturated rings. The molecule has 1 rings (SSSR count). The fourth-order valence-electron chi connectivity index (χ4n) is 1.26. The molecule has 0 spiro atoms. The van der Waals surface area contributed by atoms with Crippen LogP contribution in [0.3, 0.4) is 0 Å². The third-order valence-corrected chi connectivity index (χ3v) is 2.24. The predicted molar refractivity (Wildman–Crippen MR) is 59.0 cm³/mol. The van der Waals surface area contributed by atoms with Crippen molar-refractivity contribution in [3.63, 3.8) is 0 Å². The molecule has 0 atom stereocenters. The van der Waals surface area contributed by atoms with Gasteiger partial charge in [0, 0.05) is 5.56 Å². The lowest BCUT2D eigenvalue weighted by Crippen LogP contribution is -2.06. The van der Waals surface area contributed by atoms with Crippen LogP contribution in [-0.2, 0) is 11.2 Å². The van der Waals surface area contributed by atoms with Crippen molar-refractivity contribution in [2.45, 2.75) is 33.6 Å². The Labute approximate surface area is 86.1 Å². The third-order valence-electron chi connectivity index (χ3n) is 2.24. The Kier molecular flexibility index (Phi) is 3.45. The Bertz CT molecular complexity index is 290. The highest BCUT2D eigenvalue weighted by atomic mass is 16.1. The highest BCUT2D eigenvalue weighted by Crippen LogP contribution is 2.21. The summed E-state index contributed by atoms with van der Waals surface area (Å²) < 4.78 is 0. The SMILES string of the molecule is CC(C)(C)CCc1ccc([C]=O)cc1. The minimum atomic E-state index is 0.370. The monoisotopic (exact) mass is 189 g/mol. The lowest BCUT2D eigenvalue weighted by atomic mass is 9.88. The van der Waals surface area contributed by atoms with Crippen LogP contribution in [0.1, 0.15) is 38.3 Å². The zero-order valence-corrected chi connectivity index (χ0v) is 9.13. The molecule has 1 heteroatoms. The van der Waals surface area contributed by atoms with Crippen molar-refractivity contribution in [2.24, 2.45) is 5.41 Å². The zero-order chi connectivity index (χ0) is 10.6. The molecule has 14 heavy (non-hydrogen) atoms. The molecule has 1 aromatic rings. The Hall–Kier alpha value is -1.11. The van der Waals surface area contributed by atoms with E-state index in [-0.39, 0.29) is 0 Å². The summed E-state index contributed by atoms with van der Waals surface area (Å²) in [6.07, 6.45) is 4.11. The highest BCUT2D eigenvalue weighted by molar-refractivity contribution is 5.75. The Balaban J connectivity index is 2.56. The molecule has 0 heterocycles. The van der Waals surface area contributed by atoms with Gasteiger partial charge in [-0.1, -0.05) is 45.0 Å². The van der Waals surface area contributed by atoms with Crippen LogP contribution in [0.15, 0.2) is 24.3 Å². The van der Waals surface area contributed by atoms with Crippen LogP contribution in [0.25, 0.3) is 0 Å². The van der Waals surface area contributed by atoms with Gasteiger partial charge in [-0.15, -0.1) is 0 Å². The van der Waals surface area contributed by atoms with Gasteiger partial charge in [0.25, 0.3) is 0 Å². The van der Waals surface area contributed by atoms with Gasteiger partial charge >= 0.3 is 0 Å². The van der Waals surface area contributed by atoms with Crippen LogP contribution < -0.4 is 0 Å². The maximum Gasteiger partial charge on any atom is 0.233 e. The van der Waals surface area contributed by atoms with Crippen molar-refractivity contribution in [1.29, 1.82) is 0 Å². The minimum Gasteiger partial charge on any atom is -0.285 e. The van der Waals surface area contributed by atoms with Crippen molar-refractivity contribution in [2.75, 3.05) is 0 Å². The Morgan fingerprint density at radius 3 is 2.14 bits per heavy atom. The van der Waals surface area contributed by atoms with Gasteiger partial charge in [0.2, 0.25) is 6.29 Å². The maximum atomic E-state index is 10.3. The van der Waals surface area contributed by atoms with Gasteiger partial charge in [0.05, 0.1) is 0 Å². The molecule has 0 aliphatic carbocycles. The number of aryl methyl sites for hydroxylation is 1. The van der Waals surface area contributed by atoms with Gasteiger partial charge in [-0.3, -0.25) is 4.79 Å². The van der Waals surface area contributed by atoms with Crippen LogP contribution in [0.5, 0.6) is 0 Å². The normalized spacial score (nSPS) is 11.4. The van der Waals surface area contributed by atoms with E-state index in [0.717, 1.165) is 12.8 Å². The Morgan fingerprint density at radius 2 is 1.71 bits per heavy atom. The highest BCUT2D eigenvalue weighted by Gasteiger charge is 2.09. The smallest absolute Gasteiger partial charge is 0.233 e. The first-order valence-corrected chi connectivity index (χ1v) is 4.98. The van der Waals surface area contributed by atoms with Crippen molar-refractivity contribution >= 4 is 6.29 Å². The molecule has 1 radical (unpaired) electrons. The average molecular weight is 189 g/mol. The van der Waals surface area contributed by atoms with Gasteiger partial charge in [0.1, 0.15) is 0 Å². The van der Waals surface area contributed by atoms with Crippen LogP contribution in [0, 0.1) is 5.41 Å². The fourth-order valence-corrected chi connectivity index (χ4v) is 1.26. The molecule has 0 bridgehead atoms. The summed E-state index contributed by atoms with van der Waals surface area (Å²) in [6.45, 7) is 6.71. The van der Waals surface area contributed by atoms with Gasteiger partial charge in [0.15, 0.2) is 0 Å². The van der Waals surface area contributed by atoms with Crippen molar-refractivity contribution < 1.29 is 4.79 Å². The van der Waals surface area contributed by atoms with Crippen molar-refractivity contribution in [3.05, 3.63) is 35.4 Å². The second kappa shape index (κ2) is 4.41. The molecule has 0 aromatic heterocycles. The molecular weight excluding hydrogens is 172 g/mol. The number of rotatable bonds is 3. The molecule has 0 aliphatic rings. The summed E-state index contributed by atoms with van der Waals surface area (Å²) in [7, 11) is 0. The van der Waals surface area contributed by atoms with Crippen LogP contribution in [0.4, 0.5) is 0 Å². The lowest BCUT2D eigenvalue weighted by Gasteiger charge is -2.17. The predicted octanol–water partition coefficient (Wildman–Crippen LogP) is 3.12. The van der Waals surface area contributed by atoms with Gasteiger partial charge in [-0.2, -0.15) is 0 Å². The topological polar surface area (TPSA) is 17.1 Å². The molecule has 0 amide bonds. The largest absolute Gasteiger partial charge is 0.285 e. The van der Waals surface area contributed by atoms with E-state index in [4.69, 9.17) is 0 Å². The molecule has 0 saturated heterocycles. The van der Waals surface area contributed by atoms with E-state index >= 15 is 0 Å². The average Bonchev–Trinajstić information content (AvgIpc) is 2.14. The molecule has 0 aliphatic heterocycles. The Morgan fingerprint density at radius 1 is 1.14 bits per heavy atom. The van der Waals surface area contributed by atoms with Crippen LogP contribution in [0.2, 0.25) is 0 Å². The standard InChI is InChI=1S/C13H17O/c1-13(2,3)9-8-11-4-6-12(10-14)7-5-11/h4-7H,8-9H2,1-3H3. The van der Waals surface area contributed by atoms with E-state index in [0.29, 0.717) is 11.0 Å². The summed E-state index contributed by atoms with van der Waals surface area (Å²) in [5.41, 5.74) is 2.29. The van der Waals surface area contributed by atoms with Crippen molar-refractivity contribution in [3.8, 4) is 0 Å². The van der Waals surface area contributed by atoms with E-state index in [1.165, 1.54) is 5.56 Å². The van der Waals surface area contributed by atoms with Crippen molar-refractivity contribution in [1.82, 2.24) is 0 Å². The molecule has 0 unspecified atom stereocenters. The van der Waals surface area contributed by atoms with Gasteiger partial charge in [-0.05, 0) is 23.8 Å². The molecule has 1 aromatic carbocycles. The quantitative estimate of drug-likeness (QED) is 0.714. The van der Waals surface area contributed by atoms with E-state index in [1.807, 2.05) is 30.6 Å². The third kappa shape index (κ3) is 3.73. The van der Waals surface area contributed by atoms with E-state index in [1.54, 1.807) is 0 Å². The second-order valence-electron chi connectivity index (χ2n) is 4.86. The molecule has 75 valence electrons. The van der Waals surface area contributed by atoms with Gasteiger partial charge < -0.3 is 0 Å². The van der Waals surface area contributed by atoms with E-state index in [9.17, 15) is 4.79 Å². The summed E-state index contributed by atoms with van der Waals surface area (Å²) in [5, 5.41) is 0. The number of hydrogen-bond acceptors (Lipinski definition) is 1. The van der Waals surface area contributed by atoms with Crippen LogP contribution >= 0.6 is 0 Å². The summed E-state index contributed by atoms with van der Waals surface area (Å²) in [5.74, 6) is 0. The number of carbonyl (C=O) groups excluding carboxylic acids is 1. The number of benzene rings is 1. The summed E-state index contributed by atoms with van der Waals surface area (Å²) in [4.78, 5) is 10.3. The summed E-state index contributed by atoms with van der Waals surface area (Å²) >= 11 is 0. The second-order valence-corrected chi connectivity index (χ2v) is 4.86. The van der Waals surface area contributed by atoms with E-state index in [2.05, 4.69) is 20.8 Å². The number of hydrogen-bond donors (Lipinski definition) is 0. The fraction of sp³-hybridized carbons (Fsp3) is 0.462. The molecule has 0 N–H and O–H groups in total. The first-order chi connectivity index (χ1) is 6.51. The van der Waals surface area contributed by atoms with E-state index < -0.39 is 0 Å². The maximum absolute atomic E-state index is 10.3. The lowest BCUT2D eigenvalue weighted by molar-refractivity contribution is 0.378. The first-order valence-electron chi connectivity index (χ1n) is 4.98. The zero-order valence-electron chi connectivity index (χ0n) is 9.13. The molecule has 0 saturated carbocycles. The first kappa shape index (κ1) is 11.0. The molecular formula is C13H17O. The van der Waals surface area contributed by atoms with Gasteiger partial charge in [-0.25, -0.2) is 0 Å². The molecule has 1 nitrogen and oxygen atoms in total. The van der Waals surface area contributed by atoms with Crippen LogP contribution in [-0.4, -0.2) is 6.29 Å².